The van der Waals surface area contributed by atoms with Crippen molar-refractivity contribution in [2.75, 3.05) is 39.6 Å². The number of hydrogen-bond donors (Lipinski definition) is 3. The van der Waals surface area contributed by atoms with E-state index < -0.39 is 97.5 Å². The van der Waals surface area contributed by atoms with Gasteiger partial charge >= 0.3 is 39.5 Å². The zero-order chi connectivity index (χ0) is 74.9. The summed E-state index contributed by atoms with van der Waals surface area (Å²) in [4.78, 5) is 73.0. The van der Waals surface area contributed by atoms with Crippen molar-refractivity contribution in [1.82, 2.24) is 0 Å². The van der Waals surface area contributed by atoms with E-state index in [2.05, 4.69) is 41.5 Å². The van der Waals surface area contributed by atoms with Gasteiger partial charge in [-0.05, 0) is 37.5 Å². The maximum Gasteiger partial charge on any atom is 0.472 e. The van der Waals surface area contributed by atoms with E-state index in [9.17, 15) is 43.2 Å². The van der Waals surface area contributed by atoms with Crippen LogP contribution in [0.15, 0.2) is 0 Å². The first-order valence-electron chi connectivity index (χ1n) is 43.1. The number of aliphatic hydroxyl groups excluding tert-OH is 1. The number of aliphatic hydroxyl groups is 1. The first-order valence-corrected chi connectivity index (χ1v) is 46.1. The molecule has 0 aromatic carbocycles. The van der Waals surface area contributed by atoms with Gasteiger partial charge in [0.1, 0.15) is 19.3 Å². The monoisotopic (exact) mass is 1490 g/mol. The molecule has 0 amide bonds. The van der Waals surface area contributed by atoms with Crippen molar-refractivity contribution in [3.05, 3.63) is 0 Å². The first-order chi connectivity index (χ1) is 49.4. The van der Waals surface area contributed by atoms with Gasteiger partial charge in [-0.1, -0.05) is 388 Å². The van der Waals surface area contributed by atoms with Crippen LogP contribution < -0.4 is 0 Å². The van der Waals surface area contributed by atoms with Crippen molar-refractivity contribution < 1.29 is 80.2 Å². The fourth-order valence-corrected chi connectivity index (χ4v) is 14.4. The lowest BCUT2D eigenvalue weighted by molar-refractivity contribution is -0.161. The number of phosphoric ester groups is 2. The summed E-state index contributed by atoms with van der Waals surface area (Å²) >= 11 is 0. The summed E-state index contributed by atoms with van der Waals surface area (Å²) < 4.78 is 68.7. The molecule has 7 atom stereocenters. The van der Waals surface area contributed by atoms with Gasteiger partial charge < -0.3 is 33.8 Å². The van der Waals surface area contributed by atoms with E-state index in [1.54, 1.807) is 0 Å². The lowest BCUT2D eigenvalue weighted by atomic mass is 9.99. The Morgan fingerprint density at radius 2 is 0.471 bits per heavy atom. The van der Waals surface area contributed by atoms with Crippen LogP contribution in [0.4, 0.5) is 0 Å². The minimum absolute atomic E-state index is 0.107. The topological polar surface area (TPSA) is 237 Å². The summed E-state index contributed by atoms with van der Waals surface area (Å²) in [6.07, 6.45) is 65.3. The van der Waals surface area contributed by atoms with E-state index in [0.29, 0.717) is 25.7 Å². The lowest BCUT2D eigenvalue weighted by Crippen LogP contribution is -2.30. The molecule has 0 saturated heterocycles. The molecule has 3 N–H and O–H groups in total. The molecule has 0 saturated carbocycles. The largest absolute Gasteiger partial charge is 0.472 e. The van der Waals surface area contributed by atoms with E-state index in [4.69, 9.17) is 37.0 Å². The van der Waals surface area contributed by atoms with Crippen LogP contribution in [0.2, 0.25) is 0 Å². The Morgan fingerprint density at radius 1 is 0.275 bits per heavy atom. The van der Waals surface area contributed by atoms with Crippen molar-refractivity contribution in [3.63, 3.8) is 0 Å². The Kier molecular flexibility index (Phi) is 73.1. The van der Waals surface area contributed by atoms with Crippen LogP contribution >= 0.6 is 15.6 Å². The third-order valence-corrected chi connectivity index (χ3v) is 22.1. The van der Waals surface area contributed by atoms with Crippen LogP contribution in [-0.2, 0) is 65.4 Å². The summed E-state index contributed by atoms with van der Waals surface area (Å²) in [5.74, 6) is -0.414. The summed E-state index contributed by atoms with van der Waals surface area (Å²) in [7, 11) is -9.92. The van der Waals surface area contributed by atoms with E-state index >= 15 is 0 Å². The molecule has 0 rings (SSSR count). The van der Waals surface area contributed by atoms with Crippen LogP contribution in [0.5, 0.6) is 0 Å². The molecule has 17 nitrogen and oxygen atoms in total. The number of carbonyl (C=O) groups is 4. The Morgan fingerprint density at radius 3 is 0.696 bits per heavy atom. The maximum absolute atomic E-state index is 13.1. The van der Waals surface area contributed by atoms with Gasteiger partial charge in [-0.2, -0.15) is 0 Å². The van der Waals surface area contributed by atoms with E-state index in [1.807, 2.05) is 0 Å². The van der Waals surface area contributed by atoms with Crippen LogP contribution in [0.1, 0.15) is 440 Å². The van der Waals surface area contributed by atoms with Crippen LogP contribution in [0.25, 0.3) is 0 Å². The summed E-state index contributed by atoms with van der Waals surface area (Å²) in [5, 5.41) is 10.6. The minimum Gasteiger partial charge on any atom is -0.462 e. The molecule has 0 radical (unpaired) electrons. The molecule has 4 unspecified atom stereocenters. The van der Waals surface area contributed by atoms with Crippen molar-refractivity contribution >= 4 is 39.5 Å². The van der Waals surface area contributed by atoms with E-state index in [1.165, 1.54) is 244 Å². The van der Waals surface area contributed by atoms with Crippen molar-refractivity contribution in [2.24, 2.45) is 11.8 Å². The Labute approximate surface area is 626 Å². The Hall–Kier alpha value is -1.94. The quantitative estimate of drug-likeness (QED) is 0.0222. The van der Waals surface area contributed by atoms with Crippen LogP contribution in [0.3, 0.4) is 0 Å². The molecule has 0 aromatic rings. The molecule has 0 aliphatic carbocycles. The highest BCUT2D eigenvalue weighted by atomic mass is 31.2. The van der Waals surface area contributed by atoms with Gasteiger partial charge in [0.05, 0.1) is 26.4 Å². The number of phosphoric acid groups is 2. The third kappa shape index (κ3) is 73.6. The highest BCUT2D eigenvalue weighted by Crippen LogP contribution is 2.45. The molecule has 0 bridgehead atoms. The Bertz CT molecular complexity index is 1960. The molecular weight excluding hydrogens is 1330 g/mol. The minimum atomic E-state index is -4.96. The number of carbonyl (C=O) groups excluding carboxylic acids is 4. The summed E-state index contributed by atoms with van der Waals surface area (Å²) in [6.45, 7) is 9.72. The fourth-order valence-electron chi connectivity index (χ4n) is 12.8. The van der Waals surface area contributed by atoms with Gasteiger partial charge in [0.15, 0.2) is 12.2 Å². The molecule has 19 heteroatoms. The third-order valence-electron chi connectivity index (χ3n) is 20.2. The second kappa shape index (κ2) is 74.5. The predicted octanol–water partition coefficient (Wildman–Crippen LogP) is 25.1. The molecule has 0 aromatic heterocycles. The maximum atomic E-state index is 13.1. The van der Waals surface area contributed by atoms with Gasteiger partial charge in [0.25, 0.3) is 0 Å². The normalized spacial score (nSPS) is 14.4. The zero-order valence-electron chi connectivity index (χ0n) is 66.9. The van der Waals surface area contributed by atoms with E-state index in [-0.39, 0.29) is 25.7 Å². The number of esters is 4. The van der Waals surface area contributed by atoms with E-state index in [0.717, 1.165) is 115 Å². The molecule has 0 heterocycles. The first kappa shape index (κ1) is 100. The molecule has 0 aliphatic heterocycles. The van der Waals surface area contributed by atoms with Gasteiger partial charge in [0, 0.05) is 25.7 Å². The molecule has 102 heavy (non-hydrogen) atoms. The van der Waals surface area contributed by atoms with Crippen molar-refractivity contribution in [3.8, 4) is 0 Å². The Balaban J connectivity index is 5.18. The molecule has 0 fully saturated rings. The highest BCUT2D eigenvalue weighted by molar-refractivity contribution is 7.47. The fraction of sp³-hybridized carbons (Fsp3) is 0.952. The average molecular weight is 1490 g/mol. The van der Waals surface area contributed by atoms with Gasteiger partial charge in [-0.3, -0.25) is 37.3 Å². The van der Waals surface area contributed by atoms with Crippen LogP contribution in [0, 0.1) is 11.8 Å². The predicted molar refractivity (Wildman–Crippen MR) is 418 cm³/mol. The number of rotatable bonds is 82. The number of unbranched alkanes of at least 4 members (excludes halogenated alkanes) is 50. The standard InChI is InChI=1S/C83H162O17P2/c1-7-11-13-15-17-18-19-20-21-22-23-24-25-33-38-43-49-55-61-68-83(88)100-79(72-94-81(86)66-60-54-48-42-37-32-28-26-30-35-40-46-51-57-63-75(5)9-3)74-98-102(91,92)96-70-77(84)69-95-101(89,90)97-73-78(71-93-80(85)65-59-53-45-16-14-12-8-2)99-82(87)67-62-56-50-44-39-34-29-27-31-36-41-47-52-58-64-76(6)10-4/h75-79,84H,7-74H2,1-6H3,(H,89,90)(H,91,92)/t75?,76?,77-,78+,79+/m0/s1. The van der Waals surface area contributed by atoms with Crippen LogP contribution in [-0.4, -0.2) is 96.7 Å². The molecule has 0 aliphatic rings. The molecule has 606 valence electrons. The molecule has 0 spiro atoms. The van der Waals surface area contributed by atoms with Gasteiger partial charge in [-0.25, -0.2) is 9.13 Å². The number of ether oxygens (including phenoxy) is 4. The lowest BCUT2D eigenvalue weighted by Gasteiger charge is -2.21. The van der Waals surface area contributed by atoms with Crippen molar-refractivity contribution in [1.29, 1.82) is 0 Å². The van der Waals surface area contributed by atoms with Gasteiger partial charge in [-0.15, -0.1) is 0 Å². The van der Waals surface area contributed by atoms with Crippen molar-refractivity contribution in [2.45, 2.75) is 458 Å². The van der Waals surface area contributed by atoms with Gasteiger partial charge in [0.2, 0.25) is 0 Å². The second-order valence-corrected chi connectivity index (χ2v) is 33.3. The number of hydrogen-bond acceptors (Lipinski definition) is 15. The smallest absolute Gasteiger partial charge is 0.462 e. The summed E-state index contributed by atoms with van der Waals surface area (Å²) in [6, 6.07) is 0. The second-order valence-electron chi connectivity index (χ2n) is 30.4. The zero-order valence-corrected chi connectivity index (χ0v) is 68.7. The average Bonchev–Trinajstić information content (AvgIpc) is 1.01. The molecular formula is C83H162O17P2. The highest BCUT2D eigenvalue weighted by Gasteiger charge is 2.30. The summed E-state index contributed by atoms with van der Waals surface area (Å²) in [5.41, 5.74) is 0. The SMILES string of the molecule is CCCCCCCCCCCCCCCCCCCCCC(=O)O[C@H](COC(=O)CCCCCCCCCCCCCCCCC(C)CC)COP(=O)(O)OC[C@@H](O)COP(=O)(O)OC[C@@H](COC(=O)CCCCCCCCC)OC(=O)CCCCCCCCCCCCCCCCC(C)CC.